The Hall–Kier alpha value is -3.39. The maximum absolute atomic E-state index is 7.02. The SMILES string of the molecule is Cc1c2c(c(CC(C)C)c3ccc(CC(C)C)cc13)Oc1cc3cccc(C(C)C)c3c3cc[n+](C)c-2c13. The van der Waals surface area contributed by atoms with Crippen molar-refractivity contribution < 1.29 is 9.30 Å². The molecule has 0 radical (unpaired) electrons. The number of nitrogens with zero attached hydrogens (tertiary/aromatic N) is 1. The Bertz CT molecular complexity index is 1740. The lowest BCUT2D eigenvalue weighted by Gasteiger charge is -2.27. The summed E-state index contributed by atoms with van der Waals surface area (Å²) in [5, 5.41) is 7.84. The molecule has 0 saturated carbocycles. The molecule has 0 atom stereocenters. The molecule has 2 heteroatoms. The molecular formula is C36H40NO+. The van der Waals surface area contributed by atoms with Crippen molar-refractivity contribution in [2.45, 2.75) is 67.2 Å². The predicted molar refractivity (Wildman–Crippen MR) is 162 cm³/mol. The number of hydrogen-bond donors (Lipinski definition) is 0. The molecule has 2 heterocycles. The van der Waals surface area contributed by atoms with Crippen LogP contribution in [-0.2, 0) is 19.9 Å². The van der Waals surface area contributed by atoms with Crippen molar-refractivity contribution in [3.05, 3.63) is 77.0 Å². The maximum atomic E-state index is 7.02. The summed E-state index contributed by atoms with van der Waals surface area (Å²) in [5.74, 6) is 3.64. The minimum absolute atomic E-state index is 0.448. The van der Waals surface area contributed by atoms with Crippen LogP contribution in [0.1, 0.15) is 69.7 Å². The Morgan fingerprint density at radius 3 is 2.26 bits per heavy atom. The second kappa shape index (κ2) is 9.12. The van der Waals surface area contributed by atoms with Crippen LogP contribution in [0.25, 0.3) is 43.6 Å². The summed E-state index contributed by atoms with van der Waals surface area (Å²) >= 11 is 0. The third-order valence-electron chi connectivity index (χ3n) is 8.27. The summed E-state index contributed by atoms with van der Waals surface area (Å²) < 4.78 is 9.33. The fourth-order valence-corrected chi connectivity index (χ4v) is 6.66. The summed E-state index contributed by atoms with van der Waals surface area (Å²) in [5.41, 5.74) is 8.01. The van der Waals surface area contributed by atoms with E-state index >= 15 is 0 Å². The number of pyridine rings is 1. The van der Waals surface area contributed by atoms with E-state index in [2.05, 4.69) is 115 Å². The molecule has 4 aromatic carbocycles. The molecule has 0 N–H and O–H groups in total. The van der Waals surface area contributed by atoms with Gasteiger partial charge in [0.1, 0.15) is 18.5 Å². The molecule has 0 fully saturated rings. The quantitative estimate of drug-likeness (QED) is 0.169. The first kappa shape index (κ1) is 24.9. The maximum Gasteiger partial charge on any atom is 0.228 e. The van der Waals surface area contributed by atoms with Gasteiger partial charge in [0, 0.05) is 17.0 Å². The van der Waals surface area contributed by atoms with Crippen LogP contribution in [0.2, 0.25) is 0 Å². The third kappa shape index (κ3) is 3.80. The van der Waals surface area contributed by atoms with Crippen LogP contribution in [0.5, 0.6) is 11.5 Å². The van der Waals surface area contributed by atoms with E-state index in [-0.39, 0.29) is 0 Å². The van der Waals surface area contributed by atoms with E-state index in [0.29, 0.717) is 17.8 Å². The Morgan fingerprint density at radius 1 is 0.789 bits per heavy atom. The van der Waals surface area contributed by atoms with Crippen LogP contribution in [0.3, 0.4) is 0 Å². The van der Waals surface area contributed by atoms with Gasteiger partial charge in [-0.2, -0.15) is 0 Å². The van der Waals surface area contributed by atoms with Crippen molar-refractivity contribution in [2.75, 3.05) is 0 Å². The second-order valence-corrected chi connectivity index (χ2v) is 12.5. The van der Waals surface area contributed by atoms with Crippen molar-refractivity contribution in [2.24, 2.45) is 18.9 Å². The zero-order chi connectivity index (χ0) is 26.9. The monoisotopic (exact) mass is 502 g/mol. The van der Waals surface area contributed by atoms with Crippen molar-refractivity contribution >= 4 is 32.3 Å². The molecule has 194 valence electrons. The minimum Gasteiger partial charge on any atom is -0.455 e. The number of aryl methyl sites for hydroxylation is 2. The standard InChI is InChI=1S/C36H40NO/c1-20(2)16-24-12-13-27-29(18-24)23(7)32-35-34-28(14-15-37(35)8)33-25(10-9-11-26(33)22(5)6)19-31(34)38-36(32)30(27)17-21(3)4/h9-15,18-22H,16-17H2,1-8H3/q+1. The molecule has 38 heavy (non-hydrogen) atoms. The molecule has 0 bridgehead atoms. The van der Waals surface area contributed by atoms with Crippen LogP contribution in [0.4, 0.5) is 0 Å². The van der Waals surface area contributed by atoms with Gasteiger partial charge in [-0.25, -0.2) is 4.57 Å². The van der Waals surface area contributed by atoms with E-state index in [1.54, 1.807) is 0 Å². The van der Waals surface area contributed by atoms with E-state index in [0.717, 1.165) is 24.3 Å². The van der Waals surface area contributed by atoms with Gasteiger partial charge in [-0.15, -0.1) is 0 Å². The average Bonchev–Trinajstić information content (AvgIpc) is 2.86. The highest BCUT2D eigenvalue weighted by atomic mass is 16.5. The fourth-order valence-electron chi connectivity index (χ4n) is 6.66. The van der Waals surface area contributed by atoms with Gasteiger partial charge in [0.05, 0.1) is 10.9 Å². The van der Waals surface area contributed by atoms with E-state index in [9.17, 15) is 0 Å². The molecule has 0 amide bonds. The van der Waals surface area contributed by atoms with E-state index in [1.165, 1.54) is 65.8 Å². The number of fused-ring (bicyclic) bond motifs is 5. The first-order valence-corrected chi connectivity index (χ1v) is 14.3. The number of ether oxygens (including phenoxy) is 1. The Kier molecular flexibility index (Phi) is 5.98. The van der Waals surface area contributed by atoms with Gasteiger partial charge in [-0.3, -0.25) is 0 Å². The minimum atomic E-state index is 0.448. The number of aromatic nitrogens is 1. The van der Waals surface area contributed by atoms with Crippen molar-refractivity contribution in [3.63, 3.8) is 0 Å². The van der Waals surface area contributed by atoms with Gasteiger partial charge in [-0.05, 0) is 81.8 Å². The molecular weight excluding hydrogens is 462 g/mol. The first-order valence-electron chi connectivity index (χ1n) is 14.3. The molecule has 1 aliphatic heterocycles. The normalized spacial score (nSPS) is 12.8. The van der Waals surface area contributed by atoms with Gasteiger partial charge >= 0.3 is 0 Å². The van der Waals surface area contributed by atoms with Crippen LogP contribution in [0.15, 0.2) is 54.7 Å². The lowest BCUT2D eigenvalue weighted by Crippen LogP contribution is -2.32. The van der Waals surface area contributed by atoms with E-state index in [1.807, 2.05) is 0 Å². The molecule has 2 nitrogen and oxygen atoms in total. The number of benzene rings is 4. The molecule has 0 aliphatic carbocycles. The predicted octanol–water partition coefficient (Wildman–Crippen LogP) is 9.57. The van der Waals surface area contributed by atoms with Crippen LogP contribution >= 0.6 is 0 Å². The lowest BCUT2D eigenvalue weighted by atomic mass is 9.84. The van der Waals surface area contributed by atoms with E-state index < -0.39 is 0 Å². The zero-order valence-corrected chi connectivity index (χ0v) is 24.2. The molecule has 0 spiro atoms. The number of hydrogen-bond acceptors (Lipinski definition) is 1. The third-order valence-corrected chi connectivity index (χ3v) is 8.27. The highest BCUT2D eigenvalue weighted by Crippen LogP contribution is 2.52. The van der Waals surface area contributed by atoms with Gasteiger partial charge in [0.15, 0.2) is 6.20 Å². The van der Waals surface area contributed by atoms with Crippen LogP contribution < -0.4 is 9.30 Å². The second-order valence-electron chi connectivity index (χ2n) is 12.5. The topological polar surface area (TPSA) is 13.1 Å². The molecule has 0 saturated heterocycles. The van der Waals surface area contributed by atoms with Crippen LogP contribution in [0, 0.1) is 18.8 Å². The van der Waals surface area contributed by atoms with Crippen molar-refractivity contribution in [1.82, 2.24) is 0 Å². The first-order chi connectivity index (χ1) is 18.2. The summed E-state index contributed by atoms with van der Waals surface area (Å²) in [6.45, 7) is 16.1. The van der Waals surface area contributed by atoms with Gasteiger partial charge in [0.25, 0.3) is 0 Å². The lowest BCUT2D eigenvalue weighted by molar-refractivity contribution is -0.659. The van der Waals surface area contributed by atoms with Crippen LogP contribution in [-0.4, -0.2) is 0 Å². The summed E-state index contributed by atoms with van der Waals surface area (Å²) in [6, 6.07) is 18.4. The Labute approximate surface area is 227 Å². The molecule has 1 aliphatic rings. The summed E-state index contributed by atoms with van der Waals surface area (Å²) in [6.07, 6.45) is 4.33. The molecule has 0 unspecified atom stereocenters. The Balaban J connectivity index is 1.77. The van der Waals surface area contributed by atoms with Crippen molar-refractivity contribution in [1.29, 1.82) is 0 Å². The number of rotatable bonds is 5. The van der Waals surface area contributed by atoms with Gasteiger partial charge in [0.2, 0.25) is 5.69 Å². The highest BCUT2D eigenvalue weighted by molar-refractivity contribution is 6.17. The average molecular weight is 503 g/mol. The van der Waals surface area contributed by atoms with Crippen molar-refractivity contribution in [3.8, 4) is 22.8 Å². The highest BCUT2D eigenvalue weighted by Gasteiger charge is 2.34. The van der Waals surface area contributed by atoms with E-state index in [4.69, 9.17) is 4.74 Å². The summed E-state index contributed by atoms with van der Waals surface area (Å²) in [4.78, 5) is 0. The largest absolute Gasteiger partial charge is 0.455 e. The molecule has 6 rings (SSSR count). The summed E-state index contributed by atoms with van der Waals surface area (Å²) in [7, 11) is 2.19. The fraction of sp³-hybridized carbons (Fsp3) is 0.361. The smallest absolute Gasteiger partial charge is 0.228 e. The van der Waals surface area contributed by atoms with Gasteiger partial charge < -0.3 is 4.74 Å². The zero-order valence-electron chi connectivity index (χ0n) is 24.2. The molecule has 1 aromatic heterocycles. The van der Waals surface area contributed by atoms with Gasteiger partial charge in [-0.1, -0.05) is 77.9 Å². The molecule has 5 aromatic rings. The Morgan fingerprint density at radius 2 is 1.55 bits per heavy atom.